The number of aryl methyl sites for hydroxylation is 1. The minimum absolute atomic E-state index is 0.0232. The van der Waals surface area contributed by atoms with Crippen molar-refractivity contribution >= 4 is 0 Å². The van der Waals surface area contributed by atoms with Crippen molar-refractivity contribution in [1.82, 2.24) is 5.43 Å². The van der Waals surface area contributed by atoms with Crippen LogP contribution in [0, 0.1) is 6.92 Å². The fraction of sp³-hybridized carbons (Fsp3) is 0.333. The van der Waals surface area contributed by atoms with Crippen molar-refractivity contribution < 1.29 is 5.11 Å². The Morgan fingerprint density at radius 2 is 2.17 bits per heavy atom. The molecule has 0 aliphatic heterocycles. The first-order valence-corrected chi connectivity index (χ1v) is 3.91. The number of phenolic OH excluding ortho intramolecular Hbond substituents is 1. The second kappa shape index (κ2) is 3.56. The van der Waals surface area contributed by atoms with E-state index in [1.807, 2.05) is 26.0 Å². The molecule has 1 atom stereocenters. The molecule has 0 fully saturated rings. The Kier molecular flexibility index (Phi) is 2.68. The highest BCUT2D eigenvalue weighted by molar-refractivity contribution is 5.37. The summed E-state index contributed by atoms with van der Waals surface area (Å²) in [5.41, 5.74) is 4.54. The van der Waals surface area contributed by atoms with Gasteiger partial charge in [-0.15, -0.1) is 0 Å². The highest BCUT2D eigenvalue weighted by atomic mass is 16.3. The number of rotatable bonds is 2. The summed E-state index contributed by atoms with van der Waals surface area (Å²) in [6, 6.07) is 5.44. The molecule has 0 saturated heterocycles. The number of phenols is 1. The van der Waals surface area contributed by atoms with Crippen LogP contribution in [0.25, 0.3) is 0 Å². The van der Waals surface area contributed by atoms with E-state index in [0.29, 0.717) is 0 Å². The zero-order chi connectivity index (χ0) is 9.14. The van der Waals surface area contributed by atoms with Crippen molar-refractivity contribution in [3.05, 3.63) is 29.3 Å². The molecule has 0 spiro atoms. The normalized spacial score (nSPS) is 12.9. The van der Waals surface area contributed by atoms with E-state index in [1.54, 1.807) is 6.07 Å². The molecular weight excluding hydrogens is 152 g/mol. The SMILES string of the molecule is Cc1ccc(O)c([C@@H](C)NN)c1. The van der Waals surface area contributed by atoms with Crippen LogP contribution in [0.1, 0.15) is 24.1 Å². The molecule has 1 aromatic rings. The summed E-state index contributed by atoms with van der Waals surface area (Å²) in [5, 5.41) is 9.44. The van der Waals surface area contributed by atoms with Gasteiger partial charge >= 0.3 is 0 Å². The van der Waals surface area contributed by atoms with E-state index < -0.39 is 0 Å². The maximum atomic E-state index is 9.44. The van der Waals surface area contributed by atoms with Crippen molar-refractivity contribution in [2.45, 2.75) is 19.9 Å². The minimum atomic E-state index is -0.0232. The van der Waals surface area contributed by atoms with Crippen LogP contribution in [-0.2, 0) is 0 Å². The molecule has 12 heavy (non-hydrogen) atoms. The third kappa shape index (κ3) is 1.75. The Morgan fingerprint density at radius 1 is 1.50 bits per heavy atom. The standard InChI is InChI=1S/C9H14N2O/c1-6-3-4-9(12)8(5-6)7(2)11-10/h3-5,7,11-12H,10H2,1-2H3/t7-/m1/s1. The van der Waals surface area contributed by atoms with Gasteiger partial charge in [-0.25, -0.2) is 0 Å². The fourth-order valence-corrected chi connectivity index (χ4v) is 1.11. The van der Waals surface area contributed by atoms with E-state index in [4.69, 9.17) is 5.84 Å². The van der Waals surface area contributed by atoms with Gasteiger partial charge in [0.15, 0.2) is 0 Å². The van der Waals surface area contributed by atoms with Gasteiger partial charge in [0.1, 0.15) is 5.75 Å². The maximum Gasteiger partial charge on any atom is 0.120 e. The number of hydrazine groups is 1. The predicted molar refractivity (Wildman–Crippen MR) is 48.6 cm³/mol. The molecule has 0 radical (unpaired) electrons. The van der Waals surface area contributed by atoms with Crippen LogP contribution in [-0.4, -0.2) is 5.11 Å². The first-order chi connectivity index (χ1) is 5.65. The van der Waals surface area contributed by atoms with Gasteiger partial charge in [0.2, 0.25) is 0 Å². The summed E-state index contributed by atoms with van der Waals surface area (Å²) >= 11 is 0. The van der Waals surface area contributed by atoms with Crippen molar-refractivity contribution in [2.75, 3.05) is 0 Å². The highest BCUT2D eigenvalue weighted by Gasteiger charge is 2.07. The van der Waals surface area contributed by atoms with E-state index in [1.165, 1.54) is 0 Å². The van der Waals surface area contributed by atoms with Crippen molar-refractivity contribution in [3.8, 4) is 5.75 Å². The molecular formula is C9H14N2O. The number of aromatic hydroxyl groups is 1. The molecule has 0 aliphatic carbocycles. The zero-order valence-corrected chi connectivity index (χ0v) is 7.33. The van der Waals surface area contributed by atoms with Crippen LogP contribution in [0.4, 0.5) is 0 Å². The number of nitrogens with two attached hydrogens (primary N) is 1. The maximum absolute atomic E-state index is 9.44. The monoisotopic (exact) mass is 166 g/mol. The van der Waals surface area contributed by atoms with Crippen LogP contribution in [0.15, 0.2) is 18.2 Å². The van der Waals surface area contributed by atoms with Gasteiger partial charge in [0, 0.05) is 11.6 Å². The second-order valence-corrected chi connectivity index (χ2v) is 2.95. The first-order valence-electron chi connectivity index (χ1n) is 3.91. The van der Waals surface area contributed by atoms with E-state index >= 15 is 0 Å². The van der Waals surface area contributed by atoms with E-state index in [9.17, 15) is 5.11 Å². The Hall–Kier alpha value is -1.06. The second-order valence-electron chi connectivity index (χ2n) is 2.95. The average molecular weight is 166 g/mol. The molecule has 0 heterocycles. The zero-order valence-electron chi connectivity index (χ0n) is 7.33. The Morgan fingerprint density at radius 3 is 2.75 bits per heavy atom. The lowest BCUT2D eigenvalue weighted by Crippen LogP contribution is -2.25. The molecule has 0 aromatic heterocycles. The van der Waals surface area contributed by atoms with E-state index in [-0.39, 0.29) is 11.8 Å². The lowest BCUT2D eigenvalue weighted by molar-refractivity contribution is 0.454. The quantitative estimate of drug-likeness (QED) is 0.457. The molecule has 0 saturated carbocycles. The Balaban J connectivity index is 3.04. The van der Waals surface area contributed by atoms with Gasteiger partial charge in [0.25, 0.3) is 0 Å². The van der Waals surface area contributed by atoms with Gasteiger partial charge in [-0.2, -0.15) is 0 Å². The predicted octanol–water partition coefficient (Wildman–Crippen LogP) is 1.22. The molecule has 66 valence electrons. The lowest BCUT2D eigenvalue weighted by Gasteiger charge is -2.12. The summed E-state index contributed by atoms with van der Waals surface area (Å²) in [6.45, 7) is 3.88. The highest BCUT2D eigenvalue weighted by Crippen LogP contribution is 2.23. The van der Waals surface area contributed by atoms with Crippen LogP contribution in [0.3, 0.4) is 0 Å². The van der Waals surface area contributed by atoms with Gasteiger partial charge in [-0.05, 0) is 19.9 Å². The molecule has 0 amide bonds. The van der Waals surface area contributed by atoms with Gasteiger partial charge in [-0.1, -0.05) is 17.7 Å². The summed E-state index contributed by atoms with van der Waals surface area (Å²) in [4.78, 5) is 0. The van der Waals surface area contributed by atoms with E-state index in [2.05, 4.69) is 5.43 Å². The molecule has 0 aliphatic rings. The van der Waals surface area contributed by atoms with Gasteiger partial charge < -0.3 is 5.11 Å². The molecule has 0 unspecified atom stereocenters. The van der Waals surface area contributed by atoms with Crippen molar-refractivity contribution in [1.29, 1.82) is 0 Å². The Bertz CT molecular complexity index is 273. The van der Waals surface area contributed by atoms with Crippen molar-refractivity contribution in [2.24, 2.45) is 5.84 Å². The lowest BCUT2D eigenvalue weighted by atomic mass is 10.1. The molecule has 3 heteroatoms. The smallest absolute Gasteiger partial charge is 0.120 e. The Labute approximate surface area is 72.2 Å². The van der Waals surface area contributed by atoms with Gasteiger partial charge in [0.05, 0.1) is 0 Å². The number of nitrogens with one attached hydrogen (secondary N) is 1. The third-order valence-corrected chi connectivity index (χ3v) is 1.90. The van der Waals surface area contributed by atoms with Crippen LogP contribution >= 0.6 is 0 Å². The van der Waals surface area contributed by atoms with E-state index in [0.717, 1.165) is 11.1 Å². The molecule has 1 rings (SSSR count). The van der Waals surface area contributed by atoms with Crippen LogP contribution in [0.2, 0.25) is 0 Å². The molecule has 3 nitrogen and oxygen atoms in total. The van der Waals surface area contributed by atoms with Crippen molar-refractivity contribution in [3.63, 3.8) is 0 Å². The fourth-order valence-electron chi connectivity index (χ4n) is 1.11. The number of hydrogen-bond donors (Lipinski definition) is 3. The largest absolute Gasteiger partial charge is 0.508 e. The van der Waals surface area contributed by atoms with Crippen LogP contribution in [0.5, 0.6) is 5.75 Å². The summed E-state index contributed by atoms with van der Waals surface area (Å²) in [6.07, 6.45) is 0. The minimum Gasteiger partial charge on any atom is -0.508 e. The number of hydrogen-bond acceptors (Lipinski definition) is 3. The first kappa shape index (κ1) is 9.03. The molecule has 0 bridgehead atoms. The molecule has 1 aromatic carbocycles. The average Bonchev–Trinajstić information content (AvgIpc) is 2.08. The topological polar surface area (TPSA) is 58.3 Å². The summed E-state index contributed by atoms with van der Waals surface area (Å²) in [5.74, 6) is 5.55. The third-order valence-electron chi connectivity index (χ3n) is 1.90. The summed E-state index contributed by atoms with van der Waals surface area (Å²) < 4.78 is 0. The van der Waals surface area contributed by atoms with Crippen LogP contribution < -0.4 is 11.3 Å². The number of benzene rings is 1. The summed E-state index contributed by atoms with van der Waals surface area (Å²) in [7, 11) is 0. The molecule has 4 N–H and O–H groups in total. The van der Waals surface area contributed by atoms with Gasteiger partial charge in [-0.3, -0.25) is 11.3 Å².